The second-order valence-electron chi connectivity index (χ2n) is 8.56. The van der Waals surface area contributed by atoms with E-state index in [1.54, 1.807) is 0 Å². The molecule has 2 N–H and O–H groups in total. The number of hydrogen-bond donors (Lipinski definition) is 2. The molecule has 0 radical (unpaired) electrons. The van der Waals surface area contributed by atoms with Crippen LogP contribution in [0.5, 0.6) is 0 Å². The Morgan fingerprint density at radius 3 is 1.97 bits per heavy atom. The van der Waals surface area contributed by atoms with Gasteiger partial charge >= 0.3 is 0 Å². The average Bonchev–Trinajstić information content (AvgIpc) is 2.83. The number of hydrogen-bond acceptors (Lipinski definition) is 4. The summed E-state index contributed by atoms with van der Waals surface area (Å²) < 4.78 is 13.8. The van der Waals surface area contributed by atoms with E-state index in [2.05, 4.69) is 44.7 Å². The van der Waals surface area contributed by atoms with Gasteiger partial charge in [-0.2, -0.15) is 0 Å². The van der Waals surface area contributed by atoms with Crippen LogP contribution in [-0.2, 0) is 17.9 Å². The maximum Gasteiger partial charge on any atom is 0.255 e. The molecule has 0 aromatic heterocycles. The van der Waals surface area contributed by atoms with Gasteiger partial charge in [-0.25, -0.2) is 4.39 Å². The predicted octanol–water partition coefficient (Wildman–Crippen LogP) is 4.35. The van der Waals surface area contributed by atoms with Crippen LogP contribution in [0.15, 0.2) is 72.8 Å². The van der Waals surface area contributed by atoms with Crippen LogP contribution < -0.4 is 10.6 Å². The summed E-state index contributed by atoms with van der Waals surface area (Å²) in [7, 11) is 0. The highest BCUT2D eigenvalue weighted by Gasteiger charge is 2.17. The summed E-state index contributed by atoms with van der Waals surface area (Å²) in [6.07, 6.45) is 0. The van der Waals surface area contributed by atoms with E-state index in [4.69, 9.17) is 0 Å². The van der Waals surface area contributed by atoms with Gasteiger partial charge in [0.2, 0.25) is 5.91 Å². The zero-order valence-corrected chi connectivity index (χ0v) is 19.3. The molecule has 7 heteroatoms. The third-order valence-electron chi connectivity index (χ3n) is 5.87. The minimum absolute atomic E-state index is 0.0145. The van der Waals surface area contributed by atoms with Crippen LogP contribution in [-0.4, -0.2) is 47.8 Å². The number of carbonyl (C=O) groups excluding carboxylic acids is 2. The lowest BCUT2D eigenvalue weighted by Crippen LogP contribution is -2.45. The zero-order chi connectivity index (χ0) is 23.9. The van der Waals surface area contributed by atoms with Crippen LogP contribution in [0.2, 0.25) is 0 Å². The second-order valence-corrected chi connectivity index (χ2v) is 8.56. The molecule has 1 heterocycles. The Morgan fingerprint density at radius 2 is 1.38 bits per heavy atom. The van der Waals surface area contributed by atoms with Crippen molar-refractivity contribution in [2.45, 2.75) is 20.0 Å². The van der Waals surface area contributed by atoms with Gasteiger partial charge in [-0.15, -0.1) is 0 Å². The van der Waals surface area contributed by atoms with Crippen molar-refractivity contribution in [2.24, 2.45) is 0 Å². The Kier molecular flexibility index (Phi) is 7.67. The third-order valence-corrected chi connectivity index (χ3v) is 5.87. The molecule has 1 fully saturated rings. The van der Waals surface area contributed by atoms with Gasteiger partial charge < -0.3 is 10.6 Å². The Morgan fingerprint density at radius 1 is 0.794 bits per heavy atom. The molecule has 0 atom stereocenters. The standard InChI is InChI=1S/C27H29FN4O2/c1-20(33)29-26-17-23(9-12-25(26)28)27(34)30-24-10-7-22(8-11-24)19-32-15-13-31(14-16-32)18-21-5-3-2-4-6-21/h2-12,17H,13-16,18-19H2,1H3,(H,29,33)(H,30,34). The molecule has 0 spiro atoms. The van der Waals surface area contributed by atoms with Crippen LogP contribution in [0, 0.1) is 5.82 Å². The number of rotatable bonds is 7. The van der Waals surface area contributed by atoms with Gasteiger partial charge in [-0.1, -0.05) is 42.5 Å². The first-order valence-electron chi connectivity index (χ1n) is 11.4. The second kappa shape index (κ2) is 11.0. The summed E-state index contributed by atoms with van der Waals surface area (Å²) in [4.78, 5) is 28.7. The molecule has 1 aliphatic heterocycles. The number of halogens is 1. The van der Waals surface area contributed by atoms with Crippen molar-refractivity contribution in [3.8, 4) is 0 Å². The van der Waals surface area contributed by atoms with E-state index >= 15 is 0 Å². The van der Waals surface area contributed by atoms with Gasteiger partial charge in [0.1, 0.15) is 5.82 Å². The van der Waals surface area contributed by atoms with E-state index in [9.17, 15) is 14.0 Å². The Labute approximate surface area is 199 Å². The highest BCUT2D eigenvalue weighted by molar-refractivity contribution is 6.05. The minimum atomic E-state index is -0.586. The number of benzene rings is 3. The van der Waals surface area contributed by atoms with Crippen molar-refractivity contribution in [3.63, 3.8) is 0 Å². The van der Waals surface area contributed by atoms with Crippen molar-refractivity contribution >= 4 is 23.2 Å². The maximum atomic E-state index is 13.8. The van der Waals surface area contributed by atoms with Gasteiger partial charge in [0.15, 0.2) is 0 Å². The van der Waals surface area contributed by atoms with Gasteiger partial charge in [0, 0.05) is 57.4 Å². The molecule has 6 nitrogen and oxygen atoms in total. The smallest absolute Gasteiger partial charge is 0.255 e. The lowest BCUT2D eigenvalue weighted by Gasteiger charge is -2.34. The van der Waals surface area contributed by atoms with Gasteiger partial charge in [-0.3, -0.25) is 19.4 Å². The number of nitrogens with zero attached hydrogens (tertiary/aromatic N) is 2. The first-order chi connectivity index (χ1) is 16.5. The van der Waals surface area contributed by atoms with Crippen LogP contribution in [0.1, 0.15) is 28.4 Å². The zero-order valence-electron chi connectivity index (χ0n) is 19.3. The van der Waals surface area contributed by atoms with E-state index in [0.717, 1.165) is 39.3 Å². The number of nitrogens with one attached hydrogen (secondary N) is 2. The average molecular weight is 461 g/mol. The molecular formula is C27H29FN4O2. The number of carbonyl (C=O) groups is 2. The van der Waals surface area contributed by atoms with Crippen molar-refractivity contribution in [2.75, 3.05) is 36.8 Å². The predicted molar refractivity (Wildman–Crippen MR) is 132 cm³/mol. The summed E-state index contributed by atoms with van der Waals surface area (Å²) in [5, 5.41) is 5.22. The highest BCUT2D eigenvalue weighted by Crippen LogP contribution is 2.19. The van der Waals surface area contributed by atoms with E-state index < -0.39 is 11.7 Å². The SMILES string of the molecule is CC(=O)Nc1cc(C(=O)Nc2ccc(CN3CCN(Cc4ccccc4)CC3)cc2)ccc1F. The van der Waals surface area contributed by atoms with Crippen molar-refractivity contribution < 1.29 is 14.0 Å². The molecule has 3 aromatic rings. The fourth-order valence-corrected chi connectivity index (χ4v) is 4.05. The van der Waals surface area contributed by atoms with Crippen molar-refractivity contribution in [1.82, 2.24) is 9.80 Å². The quantitative estimate of drug-likeness (QED) is 0.550. The molecule has 4 rings (SSSR count). The van der Waals surface area contributed by atoms with Gasteiger partial charge in [-0.05, 0) is 41.5 Å². The molecule has 0 aliphatic carbocycles. The van der Waals surface area contributed by atoms with Gasteiger partial charge in [0.25, 0.3) is 5.91 Å². The van der Waals surface area contributed by atoms with Crippen LogP contribution in [0.3, 0.4) is 0 Å². The summed E-state index contributed by atoms with van der Waals surface area (Å²) in [6, 6.07) is 22.2. The number of amides is 2. The summed E-state index contributed by atoms with van der Waals surface area (Å²) in [5.41, 5.74) is 3.44. The molecule has 2 amide bonds. The molecule has 1 aliphatic rings. The molecular weight excluding hydrogens is 431 g/mol. The summed E-state index contributed by atoms with van der Waals surface area (Å²) >= 11 is 0. The molecule has 34 heavy (non-hydrogen) atoms. The first-order valence-corrected chi connectivity index (χ1v) is 11.4. The van der Waals surface area contributed by atoms with Crippen molar-refractivity contribution in [1.29, 1.82) is 0 Å². The Hall–Kier alpha value is -3.55. The first kappa shape index (κ1) is 23.6. The summed E-state index contributed by atoms with van der Waals surface area (Å²) in [6.45, 7) is 7.27. The molecule has 1 saturated heterocycles. The lowest BCUT2D eigenvalue weighted by atomic mass is 10.1. The normalized spacial score (nSPS) is 14.5. The Bertz CT molecular complexity index is 1130. The lowest BCUT2D eigenvalue weighted by molar-refractivity contribution is -0.114. The number of anilines is 2. The van der Waals surface area contributed by atoms with E-state index in [1.165, 1.54) is 36.2 Å². The van der Waals surface area contributed by atoms with Crippen LogP contribution in [0.4, 0.5) is 15.8 Å². The molecule has 0 bridgehead atoms. The molecule has 0 unspecified atom stereocenters. The molecule has 176 valence electrons. The molecule has 0 saturated carbocycles. The van der Waals surface area contributed by atoms with Gasteiger partial charge in [0.05, 0.1) is 5.69 Å². The number of piperazine rings is 1. The van der Waals surface area contributed by atoms with E-state index in [0.29, 0.717) is 5.69 Å². The van der Waals surface area contributed by atoms with Crippen LogP contribution >= 0.6 is 0 Å². The highest BCUT2D eigenvalue weighted by atomic mass is 19.1. The monoisotopic (exact) mass is 460 g/mol. The van der Waals surface area contributed by atoms with E-state index in [-0.39, 0.29) is 17.2 Å². The fraction of sp³-hybridized carbons (Fsp3) is 0.259. The summed E-state index contributed by atoms with van der Waals surface area (Å²) in [5.74, 6) is -1.35. The Balaban J connectivity index is 1.27. The topological polar surface area (TPSA) is 64.7 Å². The largest absolute Gasteiger partial charge is 0.324 e. The van der Waals surface area contributed by atoms with E-state index in [1.807, 2.05) is 30.3 Å². The fourth-order valence-electron chi connectivity index (χ4n) is 4.05. The minimum Gasteiger partial charge on any atom is -0.324 e. The third kappa shape index (κ3) is 6.50. The van der Waals surface area contributed by atoms with Crippen molar-refractivity contribution in [3.05, 3.63) is 95.3 Å². The molecule has 3 aromatic carbocycles. The van der Waals surface area contributed by atoms with Crippen LogP contribution in [0.25, 0.3) is 0 Å². The maximum absolute atomic E-state index is 13.8.